The lowest BCUT2D eigenvalue weighted by molar-refractivity contribution is -0.137. The van der Waals surface area contributed by atoms with Gasteiger partial charge in [0.15, 0.2) is 0 Å². The number of hydrogen-bond acceptors (Lipinski definition) is 5. The topological polar surface area (TPSA) is 92.8 Å². The van der Waals surface area contributed by atoms with Crippen molar-refractivity contribution in [2.24, 2.45) is 5.73 Å². The minimum Gasteiger partial charge on any atom is -0.480 e. The van der Waals surface area contributed by atoms with Gasteiger partial charge in [0.1, 0.15) is 6.04 Å². The lowest BCUT2D eigenvalue weighted by atomic mass is 10.4. The Kier molecular flexibility index (Phi) is 15.6. The largest absolute Gasteiger partial charge is 0.480 e. The van der Waals surface area contributed by atoms with Crippen LogP contribution < -0.4 is 5.73 Å². The van der Waals surface area contributed by atoms with E-state index in [9.17, 15) is 4.79 Å². The van der Waals surface area contributed by atoms with Crippen molar-refractivity contribution < 1.29 is 19.7 Å². The molecule has 0 aliphatic heterocycles. The van der Waals surface area contributed by atoms with Gasteiger partial charge in [0.25, 0.3) is 0 Å². The quantitative estimate of drug-likeness (QED) is 0.374. The molecule has 0 aliphatic rings. The number of thiol groups is 1. The summed E-state index contributed by atoms with van der Waals surface area (Å²) in [5.41, 5.74) is 4.94. The summed E-state index contributed by atoms with van der Waals surface area (Å²) >= 11 is 3.65. The van der Waals surface area contributed by atoms with Gasteiger partial charge in [-0.1, -0.05) is 13.3 Å². The summed E-state index contributed by atoms with van der Waals surface area (Å²) in [6.07, 6.45) is 2.26. The number of carboxylic acid groups (broad SMARTS) is 1. The number of aliphatic hydroxyl groups is 1. The number of carboxylic acids is 1. The van der Waals surface area contributed by atoms with Crippen molar-refractivity contribution in [2.75, 3.05) is 25.6 Å². The zero-order chi connectivity index (χ0) is 12.1. The lowest BCUT2D eigenvalue weighted by Gasteiger charge is -1.97. The molecule has 0 aromatic carbocycles. The predicted octanol–water partition coefficient (Wildman–Crippen LogP) is 0.123. The average molecular weight is 239 g/mol. The van der Waals surface area contributed by atoms with E-state index in [2.05, 4.69) is 19.6 Å². The maximum Gasteiger partial charge on any atom is 0.321 e. The summed E-state index contributed by atoms with van der Waals surface area (Å²) < 4.78 is 4.97. The Bertz CT molecular complexity index is 140. The summed E-state index contributed by atoms with van der Waals surface area (Å²) in [5, 5.41) is 16.2. The van der Waals surface area contributed by atoms with Gasteiger partial charge in [-0.3, -0.25) is 4.79 Å². The van der Waals surface area contributed by atoms with Crippen molar-refractivity contribution in [3.63, 3.8) is 0 Å². The van der Waals surface area contributed by atoms with Gasteiger partial charge in [-0.05, 0) is 6.42 Å². The minimum absolute atomic E-state index is 0.143. The van der Waals surface area contributed by atoms with Gasteiger partial charge in [0.05, 0.1) is 13.2 Å². The molecule has 0 fully saturated rings. The van der Waals surface area contributed by atoms with Crippen LogP contribution in [-0.4, -0.2) is 47.8 Å². The number of rotatable bonds is 7. The Morgan fingerprint density at radius 3 is 2.40 bits per heavy atom. The third-order valence-electron chi connectivity index (χ3n) is 1.39. The second-order valence-corrected chi connectivity index (χ2v) is 3.18. The van der Waals surface area contributed by atoms with Crippen LogP contribution >= 0.6 is 12.6 Å². The molecule has 92 valence electrons. The van der Waals surface area contributed by atoms with Crippen LogP contribution in [0, 0.1) is 0 Å². The third-order valence-corrected chi connectivity index (χ3v) is 1.79. The van der Waals surface area contributed by atoms with Crippen LogP contribution in [0.1, 0.15) is 19.8 Å². The Morgan fingerprint density at radius 2 is 2.13 bits per heavy atom. The fourth-order valence-electron chi connectivity index (χ4n) is 0.491. The standard InChI is InChI=1S/C6H14O2.C3H7NO2S/c1-2-3-5-8-6-4-7;4-2(1-7)3(5)6/h7H,2-6H2,1H3;2,7H,1,4H2,(H,5,6)/t;2-/m.0/s1. The monoisotopic (exact) mass is 239 g/mol. The number of nitrogens with two attached hydrogens (primary N) is 1. The molecule has 0 aliphatic carbocycles. The Hall–Kier alpha value is -0.300. The average Bonchev–Trinajstić information content (AvgIpc) is 2.24. The van der Waals surface area contributed by atoms with E-state index in [0.717, 1.165) is 19.4 Å². The van der Waals surface area contributed by atoms with E-state index >= 15 is 0 Å². The highest BCUT2D eigenvalue weighted by Gasteiger charge is 2.06. The van der Waals surface area contributed by atoms with E-state index in [0.29, 0.717) is 6.61 Å². The Balaban J connectivity index is 0. The Labute approximate surface area is 96.0 Å². The zero-order valence-corrected chi connectivity index (χ0v) is 9.95. The van der Waals surface area contributed by atoms with Gasteiger partial charge in [-0.2, -0.15) is 12.6 Å². The Morgan fingerprint density at radius 1 is 1.53 bits per heavy atom. The number of unbranched alkanes of at least 4 members (excludes halogenated alkanes) is 1. The first-order valence-corrected chi connectivity index (χ1v) is 5.51. The van der Waals surface area contributed by atoms with Crippen LogP contribution in [-0.2, 0) is 9.53 Å². The van der Waals surface area contributed by atoms with Crippen LogP contribution in [0.15, 0.2) is 0 Å². The van der Waals surface area contributed by atoms with E-state index in [1.54, 1.807) is 0 Å². The molecule has 0 radical (unpaired) electrons. The second-order valence-electron chi connectivity index (χ2n) is 2.82. The van der Waals surface area contributed by atoms with E-state index in [1.807, 2.05) is 0 Å². The summed E-state index contributed by atoms with van der Waals surface area (Å²) in [5.74, 6) is -0.815. The molecule has 0 bridgehead atoms. The first kappa shape index (κ1) is 17.1. The number of ether oxygens (including phenoxy) is 1. The van der Waals surface area contributed by atoms with E-state index in [1.165, 1.54) is 0 Å². The molecule has 0 saturated carbocycles. The van der Waals surface area contributed by atoms with Crippen molar-refractivity contribution in [1.29, 1.82) is 0 Å². The zero-order valence-electron chi connectivity index (χ0n) is 9.06. The van der Waals surface area contributed by atoms with E-state index in [-0.39, 0.29) is 12.4 Å². The van der Waals surface area contributed by atoms with Crippen molar-refractivity contribution >= 4 is 18.6 Å². The van der Waals surface area contributed by atoms with Gasteiger partial charge < -0.3 is 20.7 Å². The van der Waals surface area contributed by atoms with Gasteiger partial charge in [0, 0.05) is 12.4 Å². The van der Waals surface area contributed by atoms with Gasteiger partial charge >= 0.3 is 5.97 Å². The maximum absolute atomic E-state index is 9.76. The smallest absolute Gasteiger partial charge is 0.321 e. The number of aliphatic hydroxyl groups excluding tert-OH is 1. The third kappa shape index (κ3) is 16.4. The minimum atomic E-state index is -1.00. The summed E-state index contributed by atoms with van der Waals surface area (Å²) in [6, 6.07) is -0.816. The molecular weight excluding hydrogens is 218 g/mol. The molecule has 0 aromatic rings. The molecule has 0 spiro atoms. The highest BCUT2D eigenvalue weighted by molar-refractivity contribution is 7.80. The van der Waals surface area contributed by atoms with Crippen molar-refractivity contribution in [1.82, 2.24) is 0 Å². The van der Waals surface area contributed by atoms with Gasteiger partial charge in [-0.25, -0.2) is 0 Å². The van der Waals surface area contributed by atoms with Crippen molar-refractivity contribution in [3.05, 3.63) is 0 Å². The summed E-state index contributed by atoms with van der Waals surface area (Å²) in [7, 11) is 0. The maximum atomic E-state index is 9.76. The molecule has 0 amide bonds. The molecular formula is C9H21NO4S. The molecule has 15 heavy (non-hydrogen) atoms. The second kappa shape index (κ2) is 13.7. The summed E-state index contributed by atoms with van der Waals surface area (Å²) in [6.45, 7) is 3.53. The molecule has 0 saturated heterocycles. The number of hydrogen-bond donors (Lipinski definition) is 4. The number of carbonyl (C=O) groups is 1. The molecule has 0 unspecified atom stereocenters. The first-order valence-electron chi connectivity index (χ1n) is 4.87. The van der Waals surface area contributed by atoms with Crippen LogP contribution in [0.3, 0.4) is 0 Å². The van der Waals surface area contributed by atoms with Crippen LogP contribution in [0.2, 0.25) is 0 Å². The number of aliphatic carboxylic acids is 1. The molecule has 6 heteroatoms. The van der Waals surface area contributed by atoms with E-state index < -0.39 is 12.0 Å². The normalized spacial score (nSPS) is 11.5. The van der Waals surface area contributed by atoms with Crippen LogP contribution in [0.5, 0.6) is 0 Å². The lowest BCUT2D eigenvalue weighted by Crippen LogP contribution is -2.31. The summed E-state index contributed by atoms with van der Waals surface area (Å²) in [4.78, 5) is 9.76. The highest BCUT2D eigenvalue weighted by atomic mass is 32.1. The SMILES string of the molecule is CCCCOCCO.N[C@@H](CS)C(=O)O. The van der Waals surface area contributed by atoms with E-state index in [4.69, 9.17) is 20.7 Å². The van der Waals surface area contributed by atoms with Crippen LogP contribution in [0.4, 0.5) is 0 Å². The molecule has 0 heterocycles. The predicted molar refractivity (Wildman–Crippen MR) is 62.3 cm³/mol. The molecule has 1 atom stereocenters. The molecule has 5 nitrogen and oxygen atoms in total. The fourth-order valence-corrected chi connectivity index (χ4v) is 0.647. The van der Waals surface area contributed by atoms with Crippen LogP contribution in [0.25, 0.3) is 0 Å². The molecule has 0 aromatic heterocycles. The van der Waals surface area contributed by atoms with Gasteiger partial charge in [-0.15, -0.1) is 0 Å². The molecule has 4 N–H and O–H groups in total. The van der Waals surface area contributed by atoms with Gasteiger partial charge in [0.2, 0.25) is 0 Å². The first-order chi connectivity index (χ1) is 7.09. The molecule has 0 rings (SSSR count). The van der Waals surface area contributed by atoms with Crippen molar-refractivity contribution in [2.45, 2.75) is 25.8 Å². The highest BCUT2D eigenvalue weighted by Crippen LogP contribution is 1.85. The van der Waals surface area contributed by atoms with Crippen molar-refractivity contribution in [3.8, 4) is 0 Å². The fraction of sp³-hybridized carbons (Fsp3) is 0.889.